The van der Waals surface area contributed by atoms with Crippen molar-refractivity contribution in [3.8, 4) is 0 Å². The van der Waals surface area contributed by atoms with Gasteiger partial charge in [0, 0.05) is 37.9 Å². The minimum absolute atomic E-state index is 0.323. The third-order valence-corrected chi connectivity index (χ3v) is 3.28. The zero-order chi connectivity index (χ0) is 9.86. The average Bonchev–Trinajstić information content (AvgIpc) is 2.97. The molecule has 2 N–H and O–H groups in total. The molecule has 0 aromatic rings. The molecule has 0 amide bonds. The lowest BCUT2D eigenvalue weighted by Crippen LogP contribution is -2.48. The zero-order valence-electron chi connectivity index (χ0n) is 9.14. The van der Waals surface area contributed by atoms with E-state index in [4.69, 9.17) is 4.74 Å². The van der Waals surface area contributed by atoms with Crippen LogP contribution >= 0.6 is 0 Å². The molecule has 0 unspecified atom stereocenters. The Hall–Kier alpha value is -0.120. The maximum atomic E-state index is 5.36. The van der Waals surface area contributed by atoms with Crippen LogP contribution in [0.25, 0.3) is 0 Å². The minimum atomic E-state index is 0.323. The van der Waals surface area contributed by atoms with Gasteiger partial charge in [0.1, 0.15) is 0 Å². The van der Waals surface area contributed by atoms with E-state index in [1.54, 1.807) is 0 Å². The standard InChI is InChI=1S/C11H22N2O/c1-11(4-8-14-9-5-11)13-7-6-12-10-2-3-10/h10,12-13H,2-9H2,1H3. The second-order valence-corrected chi connectivity index (χ2v) is 4.83. The van der Waals surface area contributed by atoms with E-state index in [0.717, 1.165) is 45.2 Å². The summed E-state index contributed by atoms with van der Waals surface area (Å²) in [7, 11) is 0. The van der Waals surface area contributed by atoms with Crippen LogP contribution in [0.1, 0.15) is 32.6 Å². The van der Waals surface area contributed by atoms with Crippen molar-refractivity contribution in [1.82, 2.24) is 10.6 Å². The van der Waals surface area contributed by atoms with Crippen LogP contribution in [0.4, 0.5) is 0 Å². The largest absolute Gasteiger partial charge is 0.381 e. The lowest BCUT2D eigenvalue weighted by molar-refractivity contribution is 0.0456. The fourth-order valence-corrected chi connectivity index (χ4v) is 1.93. The van der Waals surface area contributed by atoms with Crippen molar-refractivity contribution in [2.75, 3.05) is 26.3 Å². The van der Waals surface area contributed by atoms with Crippen molar-refractivity contribution in [3.05, 3.63) is 0 Å². The van der Waals surface area contributed by atoms with Crippen molar-refractivity contribution >= 4 is 0 Å². The Labute approximate surface area is 86.6 Å². The highest BCUT2D eigenvalue weighted by Crippen LogP contribution is 2.20. The maximum Gasteiger partial charge on any atom is 0.0483 e. The van der Waals surface area contributed by atoms with Gasteiger partial charge in [-0.2, -0.15) is 0 Å². The summed E-state index contributed by atoms with van der Waals surface area (Å²) in [4.78, 5) is 0. The van der Waals surface area contributed by atoms with Crippen LogP contribution in [0.15, 0.2) is 0 Å². The van der Waals surface area contributed by atoms with E-state index in [9.17, 15) is 0 Å². The second-order valence-electron chi connectivity index (χ2n) is 4.83. The number of rotatable bonds is 5. The molecule has 1 aliphatic heterocycles. The van der Waals surface area contributed by atoms with Crippen molar-refractivity contribution in [2.45, 2.75) is 44.2 Å². The summed E-state index contributed by atoms with van der Waals surface area (Å²) < 4.78 is 5.36. The molecule has 2 rings (SSSR count). The predicted molar refractivity (Wildman–Crippen MR) is 57.5 cm³/mol. The van der Waals surface area contributed by atoms with E-state index >= 15 is 0 Å². The Balaban J connectivity index is 1.57. The van der Waals surface area contributed by atoms with Gasteiger partial charge in [-0.3, -0.25) is 0 Å². The molecule has 1 saturated carbocycles. The molecule has 0 atom stereocenters. The van der Waals surface area contributed by atoms with Gasteiger partial charge in [-0.25, -0.2) is 0 Å². The van der Waals surface area contributed by atoms with E-state index in [1.165, 1.54) is 12.8 Å². The highest BCUT2D eigenvalue weighted by atomic mass is 16.5. The smallest absolute Gasteiger partial charge is 0.0483 e. The Morgan fingerprint density at radius 1 is 1.21 bits per heavy atom. The molecule has 2 aliphatic rings. The lowest BCUT2D eigenvalue weighted by Gasteiger charge is -2.34. The fourth-order valence-electron chi connectivity index (χ4n) is 1.93. The van der Waals surface area contributed by atoms with Gasteiger partial charge in [0.2, 0.25) is 0 Å². The van der Waals surface area contributed by atoms with Crippen molar-refractivity contribution in [3.63, 3.8) is 0 Å². The van der Waals surface area contributed by atoms with Crippen LogP contribution in [0, 0.1) is 0 Å². The average molecular weight is 198 g/mol. The van der Waals surface area contributed by atoms with E-state index in [0.29, 0.717) is 5.54 Å². The predicted octanol–water partition coefficient (Wildman–Crippen LogP) is 0.897. The van der Waals surface area contributed by atoms with Crippen LogP contribution < -0.4 is 10.6 Å². The molecule has 1 heterocycles. The van der Waals surface area contributed by atoms with E-state index in [1.807, 2.05) is 0 Å². The molecule has 0 aromatic heterocycles. The quantitative estimate of drug-likeness (QED) is 0.644. The molecular weight excluding hydrogens is 176 g/mol. The number of hydrogen-bond donors (Lipinski definition) is 2. The van der Waals surface area contributed by atoms with Crippen LogP contribution in [0.3, 0.4) is 0 Å². The van der Waals surface area contributed by atoms with Crippen LogP contribution in [0.2, 0.25) is 0 Å². The maximum absolute atomic E-state index is 5.36. The highest BCUT2D eigenvalue weighted by Gasteiger charge is 2.26. The number of nitrogens with one attached hydrogen (secondary N) is 2. The molecular formula is C11H22N2O. The summed E-state index contributed by atoms with van der Waals surface area (Å²) in [6.45, 7) is 6.35. The monoisotopic (exact) mass is 198 g/mol. The summed E-state index contributed by atoms with van der Waals surface area (Å²) in [5.74, 6) is 0. The molecule has 0 radical (unpaired) electrons. The molecule has 14 heavy (non-hydrogen) atoms. The Morgan fingerprint density at radius 2 is 1.93 bits per heavy atom. The molecule has 82 valence electrons. The first-order valence-corrected chi connectivity index (χ1v) is 5.85. The van der Waals surface area contributed by atoms with Crippen molar-refractivity contribution in [1.29, 1.82) is 0 Å². The molecule has 2 fully saturated rings. The number of ether oxygens (including phenoxy) is 1. The molecule has 3 nitrogen and oxygen atoms in total. The van der Waals surface area contributed by atoms with Gasteiger partial charge in [0.25, 0.3) is 0 Å². The van der Waals surface area contributed by atoms with Crippen LogP contribution in [0.5, 0.6) is 0 Å². The third kappa shape index (κ3) is 3.23. The lowest BCUT2D eigenvalue weighted by atomic mass is 9.92. The molecule has 0 aromatic carbocycles. The topological polar surface area (TPSA) is 33.3 Å². The Kier molecular flexibility index (Phi) is 3.42. The normalized spacial score (nSPS) is 26.4. The van der Waals surface area contributed by atoms with Gasteiger partial charge >= 0.3 is 0 Å². The Morgan fingerprint density at radius 3 is 2.57 bits per heavy atom. The molecule has 0 bridgehead atoms. The summed E-state index contributed by atoms with van der Waals surface area (Å²) >= 11 is 0. The first-order chi connectivity index (χ1) is 6.79. The molecule has 3 heteroatoms. The third-order valence-electron chi connectivity index (χ3n) is 3.28. The van der Waals surface area contributed by atoms with Gasteiger partial charge in [0.05, 0.1) is 0 Å². The van der Waals surface area contributed by atoms with Gasteiger partial charge in [0.15, 0.2) is 0 Å². The van der Waals surface area contributed by atoms with Gasteiger partial charge in [-0.05, 0) is 32.6 Å². The van der Waals surface area contributed by atoms with E-state index in [2.05, 4.69) is 17.6 Å². The van der Waals surface area contributed by atoms with Gasteiger partial charge < -0.3 is 15.4 Å². The minimum Gasteiger partial charge on any atom is -0.381 e. The highest BCUT2D eigenvalue weighted by molar-refractivity contribution is 4.86. The second kappa shape index (κ2) is 4.60. The number of hydrogen-bond acceptors (Lipinski definition) is 3. The van der Waals surface area contributed by atoms with Crippen LogP contribution in [-0.4, -0.2) is 37.9 Å². The molecule has 0 spiro atoms. The summed E-state index contributed by atoms with van der Waals surface area (Å²) in [5, 5.41) is 7.16. The van der Waals surface area contributed by atoms with Gasteiger partial charge in [-0.15, -0.1) is 0 Å². The first kappa shape index (κ1) is 10.4. The SMILES string of the molecule is CC1(NCCNC2CC2)CCOCC1. The molecule has 1 saturated heterocycles. The van der Waals surface area contributed by atoms with Crippen molar-refractivity contribution < 1.29 is 4.74 Å². The van der Waals surface area contributed by atoms with Crippen molar-refractivity contribution in [2.24, 2.45) is 0 Å². The van der Waals surface area contributed by atoms with Crippen LogP contribution in [-0.2, 0) is 4.74 Å². The summed E-state index contributed by atoms with van der Waals surface area (Å²) in [5.41, 5.74) is 0.323. The Bertz CT molecular complexity index is 174. The summed E-state index contributed by atoms with van der Waals surface area (Å²) in [6.07, 6.45) is 5.06. The molecule has 1 aliphatic carbocycles. The van der Waals surface area contributed by atoms with E-state index < -0.39 is 0 Å². The first-order valence-electron chi connectivity index (χ1n) is 5.85. The van der Waals surface area contributed by atoms with E-state index in [-0.39, 0.29) is 0 Å². The van der Waals surface area contributed by atoms with Gasteiger partial charge in [-0.1, -0.05) is 0 Å². The zero-order valence-corrected chi connectivity index (χ0v) is 9.14. The fraction of sp³-hybridized carbons (Fsp3) is 1.00. The summed E-state index contributed by atoms with van der Waals surface area (Å²) in [6, 6.07) is 0.833.